The average Bonchev–Trinajstić information content (AvgIpc) is 3.23. The number of rotatable bonds is 12. The Labute approximate surface area is 225 Å². The van der Waals surface area contributed by atoms with Gasteiger partial charge in [0.2, 0.25) is 5.91 Å². The molecule has 1 aromatic heterocycles. The second-order valence-electron chi connectivity index (χ2n) is 10.1. The van der Waals surface area contributed by atoms with Crippen LogP contribution in [0.2, 0.25) is 0 Å². The highest BCUT2D eigenvalue weighted by Crippen LogP contribution is 2.26. The zero-order valence-corrected chi connectivity index (χ0v) is 22.7. The molecule has 38 heavy (non-hydrogen) atoms. The highest BCUT2D eigenvalue weighted by atomic mass is 16.2. The van der Waals surface area contributed by atoms with E-state index in [2.05, 4.69) is 41.8 Å². The van der Waals surface area contributed by atoms with Crippen molar-refractivity contribution in [3.63, 3.8) is 0 Å². The summed E-state index contributed by atoms with van der Waals surface area (Å²) in [5.41, 5.74) is 11.4. The molecule has 0 radical (unpaired) electrons. The molecule has 0 spiro atoms. The molecule has 0 saturated heterocycles. The van der Waals surface area contributed by atoms with Crippen molar-refractivity contribution in [2.24, 2.45) is 12.8 Å². The fraction of sp³-hybridized carbons (Fsp3) is 0.323. The van der Waals surface area contributed by atoms with Crippen LogP contribution in [0.3, 0.4) is 0 Å². The lowest BCUT2D eigenvalue weighted by atomic mass is 10.1. The molecule has 4 aromatic rings. The van der Waals surface area contributed by atoms with Crippen LogP contribution in [0.4, 0.5) is 5.69 Å². The summed E-state index contributed by atoms with van der Waals surface area (Å²) in [7, 11) is 6.16. The summed E-state index contributed by atoms with van der Waals surface area (Å²) < 4.78 is 2.13. The summed E-state index contributed by atoms with van der Waals surface area (Å²) in [5.74, 6) is 1.21. The molecule has 0 aliphatic carbocycles. The number of aromatic nitrogens is 2. The summed E-state index contributed by atoms with van der Waals surface area (Å²) in [6.07, 6.45) is 4.02. The maximum Gasteiger partial charge on any atom is 0.227 e. The number of fused-ring (bicyclic) bond motifs is 1. The molecule has 0 bridgehead atoms. The van der Waals surface area contributed by atoms with Crippen molar-refractivity contribution in [1.82, 2.24) is 14.5 Å². The molecule has 0 saturated carbocycles. The standard InChI is InChI=1S/C31H38N6O/c1-35(2)20-8-7-11-30(38)37(22-24-9-5-4-6-10-24)26-17-18-28-27(21-26)34-29(36(28)3)19-14-23-12-15-25(16-13-23)31(32)33/h4-6,9-10,12-13,15-18,21H,7-8,11,14,19-20,22H2,1-3H3,(H3,32,33). The molecule has 0 unspecified atom stereocenters. The Morgan fingerprint density at radius 1 is 0.947 bits per heavy atom. The lowest BCUT2D eigenvalue weighted by Gasteiger charge is -2.23. The number of carbonyl (C=O) groups is 1. The fourth-order valence-electron chi connectivity index (χ4n) is 4.67. The lowest BCUT2D eigenvalue weighted by molar-refractivity contribution is -0.118. The molecule has 0 aliphatic heterocycles. The van der Waals surface area contributed by atoms with Gasteiger partial charge in [-0.1, -0.05) is 54.6 Å². The van der Waals surface area contributed by atoms with Gasteiger partial charge in [0.15, 0.2) is 0 Å². The smallest absolute Gasteiger partial charge is 0.227 e. The Hall–Kier alpha value is -3.97. The predicted octanol–water partition coefficient (Wildman–Crippen LogP) is 4.91. The van der Waals surface area contributed by atoms with E-state index < -0.39 is 0 Å². The number of nitrogens with two attached hydrogens (primary N) is 1. The molecule has 1 amide bonds. The molecule has 0 aliphatic rings. The minimum Gasteiger partial charge on any atom is -0.384 e. The third kappa shape index (κ3) is 6.86. The zero-order chi connectivity index (χ0) is 27.1. The number of benzene rings is 3. The zero-order valence-electron chi connectivity index (χ0n) is 22.7. The third-order valence-electron chi connectivity index (χ3n) is 6.90. The van der Waals surface area contributed by atoms with Crippen LogP contribution in [0, 0.1) is 5.41 Å². The van der Waals surface area contributed by atoms with Gasteiger partial charge in [0.05, 0.1) is 17.6 Å². The Morgan fingerprint density at radius 2 is 1.68 bits per heavy atom. The van der Waals surface area contributed by atoms with Gasteiger partial charge >= 0.3 is 0 Å². The topological polar surface area (TPSA) is 91.2 Å². The molecule has 4 rings (SSSR count). The summed E-state index contributed by atoms with van der Waals surface area (Å²) >= 11 is 0. The van der Waals surface area contributed by atoms with Crippen molar-refractivity contribution in [3.05, 3.63) is 95.3 Å². The highest BCUT2D eigenvalue weighted by molar-refractivity contribution is 5.95. The fourth-order valence-corrected chi connectivity index (χ4v) is 4.67. The van der Waals surface area contributed by atoms with Crippen LogP contribution in [0.15, 0.2) is 72.8 Å². The Kier molecular flexibility index (Phi) is 8.92. The number of imidazole rings is 1. The minimum atomic E-state index is 0.0797. The predicted molar refractivity (Wildman–Crippen MR) is 156 cm³/mol. The third-order valence-corrected chi connectivity index (χ3v) is 6.90. The molecule has 0 fully saturated rings. The number of amidine groups is 1. The van der Waals surface area contributed by atoms with Gasteiger partial charge in [-0.25, -0.2) is 4.98 Å². The maximum absolute atomic E-state index is 13.4. The van der Waals surface area contributed by atoms with Gasteiger partial charge in [-0.15, -0.1) is 0 Å². The first-order chi connectivity index (χ1) is 18.3. The molecular formula is C31H38N6O. The van der Waals surface area contributed by atoms with E-state index in [1.165, 1.54) is 5.56 Å². The van der Waals surface area contributed by atoms with Gasteiger partial charge < -0.3 is 20.1 Å². The first-order valence-electron chi connectivity index (χ1n) is 13.2. The van der Waals surface area contributed by atoms with Gasteiger partial charge in [-0.3, -0.25) is 10.2 Å². The molecule has 0 atom stereocenters. The Morgan fingerprint density at radius 3 is 2.37 bits per heavy atom. The van der Waals surface area contributed by atoms with Gasteiger partial charge in [0, 0.05) is 31.1 Å². The van der Waals surface area contributed by atoms with Crippen LogP contribution in [-0.4, -0.2) is 46.8 Å². The van der Waals surface area contributed by atoms with Crippen molar-refractivity contribution in [3.8, 4) is 0 Å². The van der Waals surface area contributed by atoms with Crippen molar-refractivity contribution >= 4 is 28.5 Å². The van der Waals surface area contributed by atoms with E-state index in [-0.39, 0.29) is 11.7 Å². The summed E-state index contributed by atoms with van der Waals surface area (Å²) in [5, 5.41) is 7.56. The first-order valence-corrected chi connectivity index (χ1v) is 13.2. The number of nitrogen functional groups attached to an aromatic ring is 1. The van der Waals surface area contributed by atoms with Crippen molar-refractivity contribution in [2.75, 3.05) is 25.5 Å². The Bertz CT molecular complexity index is 1380. The summed E-state index contributed by atoms with van der Waals surface area (Å²) in [6.45, 7) is 1.52. The first kappa shape index (κ1) is 27.1. The number of aryl methyl sites for hydroxylation is 3. The van der Waals surface area contributed by atoms with Gasteiger partial charge in [-0.2, -0.15) is 0 Å². The van der Waals surface area contributed by atoms with E-state index in [1.807, 2.05) is 66.5 Å². The van der Waals surface area contributed by atoms with Gasteiger partial charge in [0.25, 0.3) is 0 Å². The summed E-state index contributed by atoms with van der Waals surface area (Å²) in [4.78, 5) is 22.4. The lowest BCUT2D eigenvalue weighted by Crippen LogP contribution is -2.30. The van der Waals surface area contributed by atoms with Gasteiger partial charge in [0.1, 0.15) is 11.7 Å². The molecule has 1 heterocycles. The second kappa shape index (κ2) is 12.5. The number of nitrogens with one attached hydrogen (secondary N) is 1. The van der Waals surface area contributed by atoms with E-state index in [1.54, 1.807) is 0 Å². The van der Waals surface area contributed by atoms with E-state index in [0.717, 1.165) is 65.9 Å². The molecule has 7 heteroatoms. The van der Waals surface area contributed by atoms with Crippen LogP contribution in [0.1, 0.15) is 41.8 Å². The molecule has 7 nitrogen and oxygen atoms in total. The van der Waals surface area contributed by atoms with Crippen LogP contribution in [0.5, 0.6) is 0 Å². The molecular weight excluding hydrogens is 472 g/mol. The number of anilines is 1. The number of amides is 1. The Balaban J connectivity index is 1.53. The van der Waals surface area contributed by atoms with Crippen LogP contribution < -0.4 is 10.6 Å². The van der Waals surface area contributed by atoms with Gasteiger partial charge in [-0.05, 0) is 69.2 Å². The largest absolute Gasteiger partial charge is 0.384 e. The average molecular weight is 511 g/mol. The van der Waals surface area contributed by atoms with E-state index in [4.69, 9.17) is 16.1 Å². The monoisotopic (exact) mass is 510 g/mol. The van der Waals surface area contributed by atoms with Crippen LogP contribution in [-0.2, 0) is 31.2 Å². The highest BCUT2D eigenvalue weighted by Gasteiger charge is 2.18. The number of nitrogens with zero attached hydrogens (tertiary/aromatic N) is 4. The van der Waals surface area contributed by atoms with E-state index >= 15 is 0 Å². The summed E-state index contributed by atoms with van der Waals surface area (Å²) in [6, 6.07) is 24.1. The quantitative estimate of drug-likeness (QED) is 0.161. The normalized spacial score (nSPS) is 11.3. The van der Waals surface area contributed by atoms with Crippen LogP contribution >= 0.6 is 0 Å². The number of unbranched alkanes of at least 4 members (excludes halogenated alkanes) is 1. The number of carbonyl (C=O) groups excluding carboxylic acids is 1. The van der Waals surface area contributed by atoms with Crippen molar-refractivity contribution in [2.45, 2.75) is 38.6 Å². The minimum absolute atomic E-state index is 0.0797. The maximum atomic E-state index is 13.4. The molecule has 3 aromatic carbocycles. The van der Waals surface area contributed by atoms with E-state index in [9.17, 15) is 4.79 Å². The van der Waals surface area contributed by atoms with Crippen LogP contribution in [0.25, 0.3) is 11.0 Å². The number of hydrogen-bond acceptors (Lipinski definition) is 4. The van der Waals surface area contributed by atoms with Crippen molar-refractivity contribution < 1.29 is 4.79 Å². The SMILES string of the molecule is CN(C)CCCCC(=O)N(Cc1ccccc1)c1ccc2c(c1)nc(CCc1ccc(C(=N)N)cc1)n2C. The molecule has 198 valence electrons. The van der Waals surface area contributed by atoms with E-state index in [0.29, 0.717) is 13.0 Å². The number of hydrogen-bond donors (Lipinski definition) is 2. The van der Waals surface area contributed by atoms with Crippen molar-refractivity contribution in [1.29, 1.82) is 5.41 Å². The molecule has 3 N–H and O–H groups in total. The second-order valence-corrected chi connectivity index (χ2v) is 10.1.